The standard InChI is InChI=1S/C24H40N2O5Si/c1-23(2,3)30-21(27)25-19-14-20(31-32(7,8)24(4,5)6)16-26(15-19)22(28)29-17-18-12-10-9-11-13-18/h9-13,19-20H,14-17H2,1-8H3,(H,25,27)/t19-,20-/m0/s1. The predicted molar refractivity (Wildman–Crippen MR) is 128 cm³/mol. The number of hydrogen-bond acceptors (Lipinski definition) is 5. The zero-order valence-corrected chi connectivity index (χ0v) is 21.9. The van der Waals surface area contributed by atoms with Crippen molar-refractivity contribution in [2.45, 2.75) is 90.4 Å². The van der Waals surface area contributed by atoms with Crippen molar-refractivity contribution in [2.75, 3.05) is 13.1 Å². The fourth-order valence-electron chi connectivity index (χ4n) is 3.27. The topological polar surface area (TPSA) is 77.1 Å². The van der Waals surface area contributed by atoms with Crippen LogP contribution in [-0.2, 0) is 20.5 Å². The molecular formula is C24H40N2O5Si. The molecule has 2 rings (SSSR count). The van der Waals surface area contributed by atoms with Gasteiger partial charge in [0.05, 0.1) is 12.1 Å². The Hall–Kier alpha value is -2.06. The van der Waals surface area contributed by atoms with Crippen LogP contribution in [0.2, 0.25) is 18.1 Å². The minimum Gasteiger partial charge on any atom is -0.445 e. The normalized spacial score (nSPS) is 19.9. The summed E-state index contributed by atoms with van der Waals surface area (Å²) in [6.45, 7) is 17.4. The van der Waals surface area contributed by atoms with Crippen molar-refractivity contribution >= 4 is 20.5 Å². The molecule has 1 saturated heterocycles. The van der Waals surface area contributed by atoms with Crippen molar-refractivity contribution in [3.8, 4) is 0 Å². The van der Waals surface area contributed by atoms with Gasteiger partial charge in [-0.1, -0.05) is 51.1 Å². The van der Waals surface area contributed by atoms with Gasteiger partial charge in [-0.15, -0.1) is 0 Å². The summed E-state index contributed by atoms with van der Waals surface area (Å²) >= 11 is 0. The lowest BCUT2D eigenvalue weighted by molar-refractivity contribution is 0.0265. The summed E-state index contributed by atoms with van der Waals surface area (Å²) in [4.78, 5) is 26.9. The molecule has 0 saturated carbocycles. The van der Waals surface area contributed by atoms with E-state index in [0.717, 1.165) is 5.56 Å². The van der Waals surface area contributed by atoms with E-state index in [4.69, 9.17) is 13.9 Å². The zero-order chi connectivity index (χ0) is 24.2. The number of carbonyl (C=O) groups is 2. The van der Waals surface area contributed by atoms with Gasteiger partial charge in [0.2, 0.25) is 0 Å². The van der Waals surface area contributed by atoms with Gasteiger partial charge in [-0.25, -0.2) is 9.59 Å². The van der Waals surface area contributed by atoms with Gasteiger partial charge in [-0.2, -0.15) is 0 Å². The van der Waals surface area contributed by atoms with Crippen LogP contribution in [0.15, 0.2) is 30.3 Å². The highest BCUT2D eigenvalue weighted by molar-refractivity contribution is 6.74. The summed E-state index contributed by atoms with van der Waals surface area (Å²) in [6.07, 6.45) is -0.468. The van der Waals surface area contributed by atoms with E-state index in [-0.39, 0.29) is 23.8 Å². The van der Waals surface area contributed by atoms with Crippen LogP contribution < -0.4 is 5.32 Å². The van der Waals surface area contributed by atoms with E-state index in [1.54, 1.807) is 4.90 Å². The van der Waals surface area contributed by atoms with Gasteiger partial charge >= 0.3 is 12.2 Å². The Morgan fingerprint density at radius 3 is 2.25 bits per heavy atom. The number of likely N-dealkylation sites (tertiary alicyclic amines) is 1. The second kappa shape index (κ2) is 10.3. The molecule has 2 atom stereocenters. The van der Waals surface area contributed by atoms with Crippen molar-refractivity contribution in [2.24, 2.45) is 0 Å². The van der Waals surface area contributed by atoms with E-state index in [2.05, 4.69) is 39.2 Å². The van der Waals surface area contributed by atoms with Crippen LogP contribution >= 0.6 is 0 Å². The van der Waals surface area contributed by atoms with Gasteiger partial charge in [-0.05, 0) is 50.9 Å². The first-order valence-electron chi connectivity index (χ1n) is 11.3. The second-order valence-electron chi connectivity index (χ2n) is 11.0. The van der Waals surface area contributed by atoms with Crippen LogP contribution in [0.5, 0.6) is 0 Å². The maximum absolute atomic E-state index is 12.9. The first kappa shape index (κ1) is 26.2. The van der Waals surface area contributed by atoms with E-state index in [1.807, 2.05) is 51.1 Å². The summed E-state index contributed by atoms with van der Waals surface area (Å²) in [5.41, 5.74) is 0.333. The zero-order valence-electron chi connectivity index (χ0n) is 20.9. The highest BCUT2D eigenvalue weighted by atomic mass is 28.4. The number of ether oxygens (including phenoxy) is 2. The number of amides is 2. The molecule has 1 aromatic carbocycles. The van der Waals surface area contributed by atoms with Crippen LogP contribution in [0.25, 0.3) is 0 Å². The quantitative estimate of drug-likeness (QED) is 0.597. The average Bonchev–Trinajstić information content (AvgIpc) is 2.63. The molecule has 2 amide bonds. The Balaban J connectivity index is 2.09. The van der Waals surface area contributed by atoms with E-state index >= 15 is 0 Å². The SMILES string of the molecule is CC(C)(C)OC(=O)N[C@H]1C[C@H](O[Si](C)(C)C(C)(C)C)CN(C(=O)OCc2ccccc2)C1. The molecule has 1 aromatic rings. The maximum Gasteiger partial charge on any atom is 0.410 e. The highest BCUT2D eigenvalue weighted by Gasteiger charge is 2.42. The van der Waals surface area contributed by atoms with Crippen molar-refractivity contribution < 1.29 is 23.5 Å². The average molecular weight is 465 g/mol. The molecule has 7 nitrogen and oxygen atoms in total. The van der Waals surface area contributed by atoms with Crippen molar-refractivity contribution in [3.05, 3.63) is 35.9 Å². The van der Waals surface area contributed by atoms with Gasteiger partial charge in [0.25, 0.3) is 0 Å². The fourth-order valence-corrected chi connectivity index (χ4v) is 4.63. The van der Waals surface area contributed by atoms with E-state index < -0.39 is 26.1 Å². The third-order valence-electron chi connectivity index (χ3n) is 5.86. The lowest BCUT2D eigenvalue weighted by atomic mass is 10.0. The monoisotopic (exact) mass is 464 g/mol. The van der Waals surface area contributed by atoms with Crippen LogP contribution in [0.4, 0.5) is 9.59 Å². The predicted octanol–water partition coefficient (Wildman–Crippen LogP) is 5.31. The van der Waals surface area contributed by atoms with Crippen molar-refractivity contribution in [1.82, 2.24) is 10.2 Å². The van der Waals surface area contributed by atoms with E-state index in [1.165, 1.54) is 0 Å². The lowest BCUT2D eigenvalue weighted by Gasteiger charge is -2.44. The smallest absolute Gasteiger partial charge is 0.410 e. The number of piperidine rings is 1. The number of alkyl carbamates (subject to hydrolysis) is 1. The van der Waals surface area contributed by atoms with Crippen LogP contribution in [-0.4, -0.2) is 56.2 Å². The molecule has 8 heteroatoms. The molecule has 1 aliphatic heterocycles. The van der Waals surface area contributed by atoms with Gasteiger partial charge in [0.15, 0.2) is 8.32 Å². The maximum atomic E-state index is 12.9. The number of benzene rings is 1. The number of hydrogen-bond donors (Lipinski definition) is 1. The summed E-state index contributed by atoms with van der Waals surface area (Å²) < 4.78 is 17.6. The first-order valence-corrected chi connectivity index (χ1v) is 14.2. The summed E-state index contributed by atoms with van der Waals surface area (Å²) in [5, 5.41) is 2.95. The summed E-state index contributed by atoms with van der Waals surface area (Å²) in [7, 11) is -2.06. The number of nitrogens with zero attached hydrogens (tertiary/aromatic N) is 1. The van der Waals surface area contributed by atoms with E-state index in [9.17, 15) is 9.59 Å². The molecule has 0 spiro atoms. The molecule has 1 N–H and O–H groups in total. The second-order valence-corrected chi connectivity index (χ2v) is 15.8. The van der Waals surface area contributed by atoms with Crippen LogP contribution in [0.1, 0.15) is 53.5 Å². The number of carbonyl (C=O) groups excluding carboxylic acids is 2. The molecule has 32 heavy (non-hydrogen) atoms. The van der Waals surface area contributed by atoms with Gasteiger partial charge in [0, 0.05) is 13.1 Å². The Morgan fingerprint density at radius 2 is 1.69 bits per heavy atom. The van der Waals surface area contributed by atoms with E-state index in [0.29, 0.717) is 19.5 Å². The third-order valence-corrected chi connectivity index (χ3v) is 10.4. The Morgan fingerprint density at radius 1 is 1.06 bits per heavy atom. The van der Waals surface area contributed by atoms with Crippen LogP contribution in [0.3, 0.4) is 0 Å². The molecule has 0 bridgehead atoms. The fraction of sp³-hybridized carbons (Fsp3) is 0.667. The third kappa shape index (κ3) is 8.13. The highest BCUT2D eigenvalue weighted by Crippen LogP contribution is 2.38. The number of nitrogens with one attached hydrogen (secondary N) is 1. The van der Waals surface area contributed by atoms with Crippen LogP contribution in [0, 0.1) is 0 Å². The molecular weight excluding hydrogens is 424 g/mol. The molecule has 0 aliphatic carbocycles. The van der Waals surface area contributed by atoms with Gasteiger partial charge in [-0.3, -0.25) is 0 Å². The Bertz CT molecular complexity index is 771. The molecule has 1 fully saturated rings. The minimum atomic E-state index is -2.06. The van der Waals surface area contributed by atoms with Crippen molar-refractivity contribution in [1.29, 1.82) is 0 Å². The molecule has 1 heterocycles. The largest absolute Gasteiger partial charge is 0.445 e. The molecule has 0 unspecified atom stereocenters. The van der Waals surface area contributed by atoms with Crippen molar-refractivity contribution in [3.63, 3.8) is 0 Å². The Labute approximate surface area is 193 Å². The Kier molecular flexibility index (Phi) is 8.39. The number of rotatable bonds is 5. The minimum absolute atomic E-state index is 0.0389. The summed E-state index contributed by atoms with van der Waals surface area (Å²) in [5.74, 6) is 0. The van der Waals surface area contributed by atoms with Gasteiger partial charge in [0.1, 0.15) is 12.2 Å². The molecule has 1 aliphatic rings. The van der Waals surface area contributed by atoms with Gasteiger partial charge < -0.3 is 24.1 Å². The lowest BCUT2D eigenvalue weighted by Crippen LogP contribution is -2.57. The first-order chi connectivity index (χ1) is 14.7. The summed E-state index contributed by atoms with van der Waals surface area (Å²) in [6, 6.07) is 9.30. The molecule has 180 valence electrons. The molecule has 0 radical (unpaired) electrons. The molecule has 0 aromatic heterocycles.